The van der Waals surface area contributed by atoms with Gasteiger partial charge in [-0.25, -0.2) is 0 Å². The first-order valence-corrected chi connectivity index (χ1v) is 8.99. The van der Waals surface area contributed by atoms with Crippen molar-refractivity contribution in [1.29, 1.82) is 0 Å². The highest BCUT2D eigenvalue weighted by atomic mass is 35.5. The molecule has 2 aliphatic rings. The van der Waals surface area contributed by atoms with Crippen LogP contribution in [0.5, 0.6) is 0 Å². The molecule has 122 valence electrons. The Morgan fingerprint density at radius 3 is 2.87 bits per heavy atom. The quantitative estimate of drug-likeness (QED) is 0.787. The standard InChI is InChI=1S/C17H18Cl2N2OS/c1-2-9-21-12-7-4-8-13(22)14(12)16(20-17(21)23)10-5-3-6-11(18)15(10)19/h3,5-6,16H,2,4,7-9H2,1H3,(H,20,23). The SMILES string of the molecule is CCCN1C(=S)NC(c2cccc(Cl)c2Cl)C2=C1CCCC2=O. The number of carbonyl (C=O) groups is 1. The molecule has 0 saturated heterocycles. The normalized spacial score (nSPS) is 21.3. The van der Waals surface area contributed by atoms with Gasteiger partial charge in [0.05, 0.1) is 16.1 Å². The Kier molecular flexibility index (Phi) is 4.95. The summed E-state index contributed by atoms with van der Waals surface area (Å²) in [5.41, 5.74) is 2.65. The van der Waals surface area contributed by atoms with Crippen molar-refractivity contribution in [1.82, 2.24) is 10.2 Å². The third-order valence-corrected chi connectivity index (χ3v) is 5.47. The number of allylic oxidation sites excluding steroid dienone is 1. The van der Waals surface area contributed by atoms with Crippen LogP contribution in [-0.2, 0) is 4.79 Å². The Morgan fingerprint density at radius 1 is 1.35 bits per heavy atom. The number of nitrogens with one attached hydrogen (secondary N) is 1. The molecule has 0 amide bonds. The molecule has 0 saturated carbocycles. The highest BCUT2D eigenvalue weighted by molar-refractivity contribution is 7.80. The largest absolute Gasteiger partial charge is 0.351 e. The van der Waals surface area contributed by atoms with Crippen molar-refractivity contribution in [2.24, 2.45) is 0 Å². The Bertz CT molecular complexity index is 702. The van der Waals surface area contributed by atoms with Crippen molar-refractivity contribution in [3.8, 4) is 0 Å². The van der Waals surface area contributed by atoms with E-state index in [1.54, 1.807) is 6.07 Å². The van der Waals surface area contributed by atoms with E-state index in [1.165, 1.54) is 0 Å². The molecule has 1 aliphatic heterocycles. The van der Waals surface area contributed by atoms with Crippen molar-refractivity contribution >= 4 is 46.3 Å². The molecule has 23 heavy (non-hydrogen) atoms. The fraction of sp³-hybridized carbons (Fsp3) is 0.412. The first-order chi connectivity index (χ1) is 11.0. The van der Waals surface area contributed by atoms with Gasteiger partial charge in [-0.05, 0) is 43.1 Å². The second-order valence-electron chi connectivity index (χ2n) is 5.81. The smallest absolute Gasteiger partial charge is 0.173 e. The van der Waals surface area contributed by atoms with E-state index in [9.17, 15) is 4.79 Å². The topological polar surface area (TPSA) is 32.3 Å². The van der Waals surface area contributed by atoms with Crippen LogP contribution in [0.15, 0.2) is 29.5 Å². The van der Waals surface area contributed by atoms with E-state index in [0.29, 0.717) is 21.6 Å². The van der Waals surface area contributed by atoms with Gasteiger partial charge in [0.25, 0.3) is 0 Å². The summed E-state index contributed by atoms with van der Waals surface area (Å²) in [6.45, 7) is 2.92. The highest BCUT2D eigenvalue weighted by Gasteiger charge is 2.37. The lowest BCUT2D eigenvalue weighted by Gasteiger charge is -2.41. The number of ketones is 1. The maximum absolute atomic E-state index is 12.6. The maximum atomic E-state index is 12.6. The zero-order valence-corrected chi connectivity index (χ0v) is 15.2. The van der Waals surface area contributed by atoms with Crippen molar-refractivity contribution in [3.05, 3.63) is 45.1 Å². The average molecular weight is 369 g/mol. The molecular weight excluding hydrogens is 351 g/mol. The summed E-state index contributed by atoms with van der Waals surface area (Å²) in [6, 6.07) is 5.18. The molecule has 3 rings (SSSR count). The number of hydrogen-bond donors (Lipinski definition) is 1. The Balaban J connectivity index is 2.14. The fourth-order valence-corrected chi connectivity index (χ4v) is 4.02. The number of halogens is 2. The van der Waals surface area contributed by atoms with Crippen molar-refractivity contribution in [2.45, 2.75) is 38.6 Å². The third kappa shape index (κ3) is 3.00. The number of carbonyl (C=O) groups excluding carboxylic acids is 1. The molecule has 1 unspecified atom stereocenters. The van der Waals surface area contributed by atoms with E-state index >= 15 is 0 Å². The molecule has 1 N–H and O–H groups in total. The minimum absolute atomic E-state index is 0.170. The van der Waals surface area contributed by atoms with Crippen LogP contribution in [-0.4, -0.2) is 22.3 Å². The van der Waals surface area contributed by atoms with Gasteiger partial charge in [-0.2, -0.15) is 0 Å². The van der Waals surface area contributed by atoms with Crippen LogP contribution in [0, 0.1) is 0 Å². The number of benzene rings is 1. The summed E-state index contributed by atoms with van der Waals surface area (Å²) in [6.07, 6.45) is 3.28. The zero-order chi connectivity index (χ0) is 16.6. The van der Waals surface area contributed by atoms with Crippen LogP contribution in [0.1, 0.15) is 44.2 Å². The van der Waals surface area contributed by atoms with Gasteiger partial charge in [-0.1, -0.05) is 42.3 Å². The summed E-state index contributed by atoms with van der Waals surface area (Å²) in [5.74, 6) is 0.170. The molecular formula is C17H18Cl2N2OS. The molecule has 1 atom stereocenters. The number of rotatable bonds is 3. The van der Waals surface area contributed by atoms with Gasteiger partial charge in [0, 0.05) is 24.2 Å². The first kappa shape index (κ1) is 16.7. The van der Waals surface area contributed by atoms with Gasteiger partial charge >= 0.3 is 0 Å². The summed E-state index contributed by atoms with van der Waals surface area (Å²) < 4.78 is 0. The van der Waals surface area contributed by atoms with E-state index < -0.39 is 0 Å². The van der Waals surface area contributed by atoms with E-state index in [0.717, 1.165) is 42.6 Å². The third-order valence-electron chi connectivity index (χ3n) is 4.30. The van der Waals surface area contributed by atoms with Crippen LogP contribution in [0.4, 0.5) is 0 Å². The molecule has 3 nitrogen and oxygen atoms in total. The van der Waals surface area contributed by atoms with Crippen LogP contribution in [0.25, 0.3) is 0 Å². The van der Waals surface area contributed by atoms with Crippen LogP contribution < -0.4 is 5.32 Å². The van der Waals surface area contributed by atoms with E-state index in [1.807, 2.05) is 12.1 Å². The Morgan fingerprint density at radius 2 is 2.13 bits per heavy atom. The second-order valence-corrected chi connectivity index (χ2v) is 6.99. The fourth-order valence-electron chi connectivity index (χ4n) is 3.29. The van der Waals surface area contributed by atoms with Gasteiger partial charge in [0.1, 0.15) is 0 Å². The van der Waals surface area contributed by atoms with Crippen LogP contribution in [0.2, 0.25) is 10.0 Å². The molecule has 0 bridgehead atoms. The molecule has 1 aliphatic carbocycles. The monoisotopic (exact) mass is 368 g/mol. The van der Waals surface area contributed by atoms with Crippen LogP contribution >= 0.6 is 35.4 Å². The minimum Gasteiger partial charge on any atom is -0.351 e. The molecule has 1 heterocycles. The number of thiocarbonyl (C=S) groups is 1. The molecule has 0 radical (unpaired) electrons. The van der Waals surface area contributed by atoms with Crippen LogP contribution in [0.3, 0.4) is 0 Å². The Hall–Kier alpha value is -1.10. The minimum atomic E-state index is -0.315. The predicted octanol–water partition coefficient (Wildman–Crippen LogP) is 4.64. The summed E-state index contributed by atoms with van der Waals surface area (Å²) in [4.78, 5) is 14.7. The van der Waals surface area contributed by atoms with E-state index in [2.05, 4.69) is 17.1 Å². The average Bonchev–Trinajstić information content (AvgIpc) is 2.53. The summed E-state index contributed by atoms with van der Waals surface area (Å²) in [7, 11) is 0. The number of Topliss-reactive ketones (excluding diaryl/α,β-unsaturated/α-hetero) is 1. The molecule has 0 spiro atoms. The van der Waals surface area contributed by atoms with Crippen molar-refractivity contribution < 1.29 is 4.79 Å². The molecule has 1 aromatic carbocycles. The van der Waals surface area contributed by atoms with Crippen molar-refractivity contribution in [2.75, 3.05) is 6.54 Å². The van der Waals surface area contributed by atoms with Gasteiger partial charge in [-0.3, -0.25) is 4.79 Å². The molecule has 1 aromatic rings. The lowest BCUT2D eigenvalue weighted by atomic mass is 9.84. The lowest BCUT2D eigenvalue weighted by molar-refractivity contribution is -0.116. The molecule has 0 fully saturated rings. The van der Waals surface area contributed by atoms with Crippen molar-refractivity contribution in [3.63, 3.8) is 0 Å². The van der Waals surface area contributed by atoms with E-state index in [4.69, 9.17) is 35.4 Å². The first-order valence-electron chi connectivity index (χ1n) is 7.82. The summed E-state index contributed by atoms with van der Waals surface area (Å²) in [5, 5.41) is 4.91. The molecule has 0 aromatic heterocycles. The lowest BCUT2D eigenvalue weighted by Crippen LogP contribution is -2.49. The van der Waals surface area contributed by atoms with E-state index in [-0.39, 0.29) is 11.8 Å². The Labute approximate surface area is 151 Å². The van der Waals surface area contributed by atoms with Gasteiger partial charge in [0.15, 0.2) is 10.9 Å². The summed E-state index contributed by atoms with van der Waals surface area (Å²) >= 11 is 18.1. The zero-order valence-electron chi connectivity index (χ0n) is 12.9. The van der Waals surface area contributed by atoms with Gasteiger partial charge in [-0.15, -0.1) is 0 Å². The maximum Gasteiger partial charge on any atom is 0.173 e. The highest BCUT2D eigenvalue weighted by Crippen LogP contribution is 2.40. The second kappa shape index (κ2) is 6.80. The molecule has 6 heteroatoms. The van der Waals surface area contributed by atoms with Gasteiger partial charge < -0.3 is 10.2 Å². The number of nitrogens with zero attached hydrogens (tertiary/aromatic N) is 1. The van der Waals surface area contributed by atoms with Gasteiger partial charge in [0.2, 0.25) is 0 Å². The number of hydrogen-bond acceptors (Lipinski definition) is 2. The predicted molar refractivity (Wildman–Crippen MR) is 97.8 cm³/mol.